The number of nitrogens with two attached hydrogens (primary N) is 2. The van der Waals surface area contributed by atoms with Gasteiger partial charge in [-0.15, -0.1) is 0 Å². The summed E-state index contributed by atoms with van der Waals surface area (Å²) in [4.78, 5) is 32.6. The Bertz CT molecular complexity index is 280. The first-order valence-corrected chi connectivity index (χ1v) is 4.90. The van der Waals surface area contributed by atoms with E-state index in [0.717, 1.165) is 0 Å². The smallest absolute Gasteiger partial charge is 0.326 e. The molecule has 0 spiro atoms. The highest BCUT2D eigenvalue weighted by atomic mass is 16.4. The molecule has 0 aliphatic carbocycles. The quantitative estimate of drug-likeness (QED) is 0.419. The summed E-state index contributed by atoms with van der Waals surface area (Å²) in [7, 11) is 0. The van der Waals surface area contributed by atoms with Crippen molar-refractivity contribution in [2.75, 3.05) is 6.54 Å². The summed E-state index contributed by atoms with van der Waals surface area (Å²) in [5.74, 6) is -2.71. The fourth-order valence-electron chi connectivity index (χ4n) is 0.965. The van der Waals surface area contributed by atoms with Gasteiger partial charge in [0.05, 0.1) is 0 Å². The summed E-state index contributed by atoms with van der Waals surface area (Å²) in [5.41, 5.74) is 10.2. The van der Waals surface area contributed by atoms with E-state index in [4.69, 9.17) is 16.6 Å². The van der Waals surface area contributed by atoms with Crippen LogP contribution in [0.25, 0.3) is 0 Å². The summed E-state index contributed by atoms with van der Waals surface area (Å²) in [6.07, 6.45) is -0.109. The maximum absolute atomic E-state index is 11.4. The van der Waals surface area contributed by atoms with Gasteiger partial charge in [-0.3, -0.25) is 9.59 Å². The van der Waals surface area contributed by atoms with E-state index in [1.165, 1.54) is 0 Å². The lowest BCUT2D eigenvalue weighted by Gasteiger charge is -2.16. The Morgan fingerprint density at radius 1 is 1.38 bits per heavy atom. The van der Waals surface area contributed by atoms with Gasteiger partial charge in [0.2, 0.25) is 11.8 Å². The van der Waals surface area contributed by atoms with Crippen molar-refractivity contribution in [2.45, 2.75) is 25.8 Å². The van der Waals surface area contributed by atoms with Crippen molar-refractivity contribution in [3.8, 4) is 0 Å². The van der Waals surface area contributed by atoms with E-state index >= 15 is 0 Å². The predicted molar refractivity (Wildman–Crippen MR) is 56.2 cm³/mol. The van der Waals surface area contributed by atoms with Crippen LogP contribution in [0.3, 0.4) is 0 Å². The number of carboxylic acid groups (broad SMARTS) is 1. The summed E-state index contributed by atoms with van der Waals surface area (Å²) in [6, 6.07) is -1.10. The highest BCUT2D eigenvalue weighted by molar-refractivity contribution is 5.85. The van der Waals surface area contributed by atoms with Crippen LogP contribution in [0.1, 0.15) is 19.8 Å². The van der Waals surface area contributed by atoms with Gasteiger partial charge in [0.1, 0.15) is 6.04 Å². The van der Waals surface area contributed by atoms with Crippen molar-refractivity contribution in [3.05, 3.63) is 0 Å². The summed E-state index contributed by atoms with van der Waals surface area (Å²) < 4.78 is 0. The van der Waals surface area contributed by atoms with Gasteiger partial charge in [0.25, 0.3) is 0 Å². The Kier molecular flexibility index (Phi) is 6.09. The van der Waals surface area contributed by atoms with Gasteiger partial charge in [0.15, 0.2) is 0 Å². The highest BCUT2D eigenvalue weighted by Gasteiger charge is 2.22. The monoisotopic (exact) mass is 231 g/mol. The fraction of sp³-hybridized carbons (Fsp3) is 0.667. The largest absolute Gasteiger partial charge is 0.480 e. The molecule has 0 aromatic carbocycles. The van der Waals surface area contributed by atoms with Crippen LogP contribution in [0.5, 0.6) is 0 Å². The second-order valence-corrected chi connectivity index (χ2v) is 3.54. The Labute approximate surface area is 93.2 Å². The number of nitrogens with one attached hydrogen (secondary N) is 1. The third kappa shape index (κ3) is 5.30. The molecule has 0 saturated carbocycles. The zero-order chi connectivity index (χ0) is 12.7. The minimum absolute atomic E-state index is 0.0201. The number of carbonyl (C=O) groups is 3. The molecule has 7 nitrogen and oxygen atoms in total. The van der Waals surface area contributed by atoms with Crippen molar-refractivity contribution < 1.29 is 19.5 Å². The summed E-state index contributed by atoms with van der Waals surface area (Å²) >= 11 is 0. The van der Waals surface area contributed by atoms with Crippen LogP contribution in [-0.2, 0) is 14.4 Å². The average molecular weight is 231 g/mol. The van der Waals surface area contributed by atoms with E-state index in [9.17, 15) is 14.4 Å². The van der Waals surface area contributed by atoms with Gasteiger partial charge in [-0.2, -0.15) is 0 Å². The molecule has 0 rings (SSSR count). The van der Waals surface area contributed by atoms with Crippen LogP contribution in [-0.4, -0.2) is 35.5 Å². The Hall–Kier alpha value is -1.63. The van der Waals surface area contributed by atoms with Gasteiger partial charge in [-0.05, 0) is 6.42 Å². The molecule has 2 amide bonds. The third-order valence-corrected chi connectivity index (χ3v) is 2.10. The van der Waals surface area contributed by atoms with E-state index in [1.807, 2.05) is 0 Å². The first-order chi connectivity index (χ1) is 7.38. The molecule has 0 heterocycles. The molecular formula is C9H17N3O4. The molecule has 0 fully saturated rings. The number of carbonyl (C=O) groups excluding carboxylic acids is 2. The molecule has 0 radical (unpaired) electrons. The van der Waals surface area contributed by atoms with Crippen molar-refractivity contribution in [1.82, 2.24) is 5.32 Å². The van der Waals surface area contributed by atoms with Crippen molar-refractivity contribution in [2.24, 2.45) is 17.4 Å². The van der Waals surface area contributed by atoms with Crippen molar-refractivity contribution >= 4 is 17.8 Å². The molecular weight excluding hydrogens is 214 g/mol. The molecule has 0 bridgehead atoms. The van der Waals surface area contributed by atoms with Crippen LogP contribution < -0.4 is 16.8 Å². The molecule has 0 aromatic heterocycles. The SMILES string of the molecule is CC(CN)C(=O)N[C@H](CCC(N)=O)C(=O)O. The second-order valence-electron chi connectivity index (χ2n) is 3.54. The number of amides is 2. The maximum Gasteiger partial charge on any atom is 0.326 e. The van der Waals surface area contributed by atoms with E-state index < -0.39 is 29.7 Å². The van der Waals surface area contributed by atoms with E-state index in [2.05, 4.69) is 5.32 Å². The molecule has 0 saturated heterocycles. The van der Waals surface area contributed by atoms with Crippen LogP contribution in [0.15, 0.2) is 0 Å². The fourth-order valence-corrected chi connectivity index (χ4v) is 0.965. The Morgan fingerprint density at radius 3 is 2.31 bits per heavy atom. The maximum atomic E-state index is 11.4. The number of aliphatic carboxylic acids is 1. The molecule has 6 N–H and O–H groups in total. The second kappa shape index (κ2) is 6.78. The van der Waals surface area contributed by atoms with Gasteiger partial charge >= 0.3 is 5.97 Å². The molecule has 16 heavy (non-hydrogen) atoms. The molecule has 0 aromatic rings. The number of hydrogen-bond donors (Lipinski definition) is 4. The van der Waals surface area contributed by atoms with Gasteiger partial charge in [0, 0.05) is 18.9 Å². The minimum Gasteiger partial charge on any atom is -0.480 e. The molecule has 1 unspecified atom stereocenters. The van der Waals surface area contributed by atoms with Gasteiger partial charge in [-0.25, -0.2) is 4.79 Å². The van der Waals surface area contributed by atoms with Crippen LogP contribution in [0, 0.1) is 5.92 Å². The molecule has 7 heteroatoms. The normalized spacial score (nSPS) is 13.9. The van der Waals surface area contributed by atoms with E-state index in [-0.39, 0.29) is 19.4 Å². The topological polar surface area (TPSA) is 136 Å². The zero-order valence-electron chi connectivity index (χ0n) is 9.10. The number of hydrogen-bond acceptors (Lipinski definition) is 4. The van der Waals surface area contributed by atoms with E-state index in [0.29, 0.717) is 0 Å². The van der Waals surface area contributed by atoms with Crippen LogP contribution in [0.2, 0.25) is 0 Å². The lowest BCUT2D eigenvalue weighted by molar-refractivity contribution is -0.142. The molecule has 92 valence electrons. The van der Waals surface area contributed by atoms with Gasteiger partial charge in [-0.1, -0.05) is 6.92 Å². The lowest BCUT2D eigenvalue weighted by atomic mass is 10.1. The van der Waals surface area contributed by atoms with Crippen LogP contribution >= 0.6 is 0 Å². The number of carboxylic acids is 1. The van der Waals surface area contributed by atoms with Crippen molar-refractivity contribution in [3.63, 3.8) is 0 Å². The minimum atomic E-state index is -1.20. The Balaban J connectivity index is 4.28. The molecule has 0 aliphatic rings. The van der Waals surface area contributed by atoms with Crippen LogP contribution in [0.4, 0.5) is 0 Å². The number of primary amides is 1. The van der Waals surface area contributed by atoms with E-state index in [1.54, 1.807) is 6.92 Å². The summed E-state index contributed by atoms with van der Waals surface area (Å²) in [5, 5.41) is 11.1. The molecule has 2 atom stereocenters. The average Bonchev–Trinajstić information content (AvgIpc) is 2.21. The number of rotatable bonds is 7. The standard InChI is InChI=1S/C9H17N3O4/c1-5(4-10)8(14)12-6(9(15)16)2-3-7(11)13/h5-6H,2-4,10H2,1H3,(H2,11,13)(H,12,14)(H,15,16)/t5?,6-/m1/s1. The first-order valence-electron chi connectivity index (χ1n) is 4.90. The zero-order valence-corrected chi connectivity index (χ0v) is 9.10. The van der Waals surface area contributed by atoms with Crippen molar-refractivity contribution in [1.29, 1.82) is 0 Å². The third-order valence-electron chi connectivity index (χ3n) is 2.10. The highest BCUT2D eigenvalue weighted by Crippen LogP contribution is 2.00. The molecule has 0 aliphatic heterocycles. The van der Waals surface area contributed by atoms with Gasteiger partial charge < -0.3 is 21.9 Å². The predicted octanol–water partition coefficient (Wildman–Crippen LogP) is -1.58. The lowest BCUT2D eigenvalue weighted by Crippen LogP contribution is -2.44. The summed E-state index contributed by atoms with van der Waals surface area (Å²) in [6.45, 7) is 1.72. The Morgan fingerprint density at radius 2 is 1.94 bits per heavy atom. The first kappa shape index (κ1) is 14.4.